The maximum atomic E-state index is 12.4. The van der Waals surface area contributed by atoms with E-state index in [1.54, 1.807) is 0 Å². The highest BCUT2D eigenvalue weighted by atomic mass is 16.5. The number of hydrogen-bond acceptors (Lipinski definition) is 3. The Morgan fingerprint density at radius 3 is 2.67 bits per heavy atom. The zero-order valence-corrected chi connectivity index (χ0v) is 11.8. The van der Waals surface area contributed by atoms with E-state index in [1.807, 2.05) is 4.90 Å². The summed E-state index contributed by atoms with van der Waals surface area (Å²) in [5.74, 6) is 1.47. The molecule has 2 unspecified atom stereocenters. The van der Waals surface area contributed by atoms with Crippen LogP contribution >= 0.6 is 0 Å². The highest BCUT2D eigenvalue weighted by Gasteiger charge is 2.37. The summed E-state index contributed by atoms with van der Waals surface area (Å²) in [4.78, 5) is 14.4. The van der Waals surface area contributed by atoms with Crippen LogP contribution in [-0.4, -0.2) is 42.8 Å². The quantitative estimate of drug-likeness (QED) is 0.828. The minimum Gasteiger partial charge on any atom is -0.381 e. The van der Waals surface area contributed by atoms with E-state index in [0.717, 1.165) is 39.0 Å². The van der Waals surface area contributed by atoms with Crippen molar-refractivity contribution in [1.29, 1.82) is 0 Å². The van der Waals surface area contributed by atoms with Gasteiger partial charge in [-0.15, -0.1) is 0 Å². The predicted octanol–water partition coefficient (Wildman–Crippen LogP) is 1.61. The van der Waals surface area contributed by atoms with Gasteiger partial charge in [0.15, 0.2) is 0 Å². The molecule has 0 aromatic carbocycles. The van der Waals surface area contributed by atoms with E-state index in [0.29, 0.717) is 17.7 Å². The van der Waals surface area contributed by atoms with Gasteiger partial charge in [0.05, 0.1) is 12.2 Å². The number of nitrogens with zero attached hydrogens (tertiary/aromatic N) is 1. The van der Waals surface area contributed by atoms with E-state index in [2.05, 4.69) is 26.1 Å². The standard InChI is InChI=1S/C14H26N2O2/c1-10(2)8-13-14(17)16(11(3)15-13)9-12-4-6-18-7-5-12/h10-13,15H,4-9H2,1-3H3. The van der Waals surface area contributed by atoms with Gasteiger partial charge in [-0.2, -0.15) is 0 Å². The Morgan fingerprint density at radius 2 is 2.06 bits per heavy atom. The van der Waals surface area contributed by atoms with E-state index in [-0.39, 0.29) is 12.2 Å². The summed E-state index contributed by atoms with van der Waals surface area (Å²) in [6, 6.07) is 0.0276. The van der Waals surface area contributed by atoms with Crippen molar-refractivity contribution in [3.8, 4) is 0 Å². The Balaban J connectivity index is 1.89. The molecule has 1 amide bonds. The SMILES string of the molecule is CC(C)CC1NC(C)N(CC2CCOCC2)C1=O. The van der Waals surface area contributed by atoms with Gasteiger partial charge < -0.3 is 9.64 Å². The van der Waals surface area contributed by atoms with Crippen LogP contribution in [-0.2, 0) is 9.53 Å². The second kappa shape index (κ2) is 6.02. The van der Waals surface area contributed by atoms with Crippen LogP contribution in [0.4, 0.5) is 0 Å². The van der Waals surface area contributed by atoms with Crippen LogP contribution in [0.25, 0.3) is 0 Å². The fourth-order valence-corrected chi connectivity index (χ4v) is 2.94. The first-order chi connectivity index (χ1) is 8.58. The van der Waals surface area contributed by atoms with Gasteiger partial charge >= 0.3 is 0 Å². The largest absolute Gasteiger partial charge is 0.381 e. The van der Waals surface area contributed by atoms with Crippen LogP contribution in [0.1, 0.15) is 40.0 Å². The van der Waals surface area contributed by atoms with Crippen molar-refractivity contribution in [2.24, 2.45) is 11.8 Å². The second-order valence-electron chi connectivity index (χ2n) is 6.07. The normalized spacial score (nSPS) is 30.4. The molecule has 0 aromatic rings. The molecule has 104 valence electrons. The molecule has 2 rings (SSSR count). The van der Waals surface area contributed by atoms with Crippen molar-refractivity contribution in [2.75, 3.05) is 19.8 Å². The fraction of sp³-hybridized carbons (Fsp3) is 0.929. The molecular weight excluding hydrogens is 228 g/mol. The molecule has 0 aliphatic carbocycles. The number of amides is 1. The van der Waals surface area contributed by atoms with Crippen molar-refractivity contribution < 1.29 is 9.53 Å². The first-order valence-electron chi connectivity index (χ1n) is 7.22. The average Bonchev–Trinajstić information content (AvgIpc) is 2.58. The summed E-state index contributed by atoms with van der Waals surface area (Å²) < 4.78 is 5.37. The summed E-state index contributed by atoms with van der Waals surface area (Å²) in [7, 11) is 0. The molecule has 1 N–H and O–H groups in total. The first-order valence-corrected chi connectivity index (χ1v) is 7.22. The van der Waals surface area contributed by atoms with E-state index in [1.165, 1.54) is 0 Å². The summed E-state index contributed by atoms with van der Waals surface area (Å²) in [6.45, 7) is 9.03. The molecule has 4 heteroatoms. The maximum Gasteiger partial charge on any atom is 0.241 e. The third-order valence-corrected chi connectivity index (χ3v) is 3.99. The lowest BCUT2D eigenvalue weighted by Gasteiger charge is -2.29. The molecular formula is C14H26N2O2. The average molecular weight is 254 g/mol. The number of ether oxygens (including phenoxy) is 1. The summed E-state index contributed by atoms with van der Waals surface area (Å²) in [6.07, 6.45) is 3.30. The van der Waals surface area contributed by atoms with Gasteiger partial charge in [0, 0.05) is 19.8 Å². The molecule has 0 bridgehead atoms. The van der Waals surface area contributed by atoms with Crippen LogP contribution in [0.5, 0.6) is 0 Å². The molecule has 2 aliphatic rings. The third-order valence-electron chi connectivity index (χ3n) is 3.99. The van der Waals surface area contributed by atoms with Crippen molar-refractivity contribution in [1.82, 2.24) is 10.2 Å². The molecule has 4 nitrogen and oxygen atoms in total. The van der Waals surface area contributed by atoms with Gasteiger partial charge in [-0.3, -0.25) is 10.1 Å². The predicted molar refractivity (Wildman–Crippen MR) is 71.1 cm³/mol. The minimum atomic E-state index is 0.0276. The van der Waals surface area contributed by atoms with E-state index in [4.69, 9.17) is 4.74 Å². The Kier molecular flexibility index (Phi) is 4.62. The monoisotopic (exact) mass is 254 g/mol. The molecule has 0 spiro atoms. The molecule has 2 fully saturated rings. The smallest absolute Gasteiger partial charge is 0.241 e. The topological polar surface area (TPSA) is 41.6 Å². The van der Waals surface area contributed by atoms with Crippen LogP contribution in [0.3, 0.4) is 0 Å². The number of carbonyl (C=O) groups excluding carboxylic acids is 1. The fourth-order valence-electron chi connectivity index (χ4n) is 2.94. The lowest BCUT2D eigenvalue weighted by atomic mass is 9.99. The summed E-state index contributed by atoms with van der Waals surface area (Å²) in [5, 5.41) is 3.42. The first kappa shape index (κ1) is 13.8. The highest BCUT2D eigenvalue weighted by Crippen LogP contribution is 2.22. The van der Waals surface area contributed by atoms with Crippen LogP contribution in [0.15, 0.2) is 0 Å². The molecule has 0 saturated carbocycles. The van der Waals surface area contributed by atoms with Crippen molar-refractivity contribution in [3.63, 3.8) is 0 Å². The third kappa shape index (κ3) is 3.23. The molecule has 2 saturated heterocycles. The molecule has 18 heavy (non-hydrogen) atoms. The second-order valence-corrected chi connectivity index (χ2v) is 6.07. The molecule has 2 aliphatic heterocycles. The summed E-state index contributed by atoms with van der Waals surface area (Å²) in [5.41, 5.74) is 0. The minimum absolute atomic E-state index is 0.0276. The van der Waals surface area contributed by atoms with Gasteiger partial charge in [0.25, 0.3) is 0 Å². The Morgan fingerprint density at radius 1 is 1.39 bits per heavy atom. The summed E-state index contributed by atoms with van der Waals surface area (Å²) >= 11 is 0. The molecule has 2 heterocycles. The number of hydrogen-bond donors (Lipinski definition) is 1. The van der Waals surface area contributed by atoms with Crippen LogP contribution < -0.4 is 5.32 Å². The molecule has 0 radical (unpaired) electrons. The van der Waals surface area contributed by atoms with E-state index < -0.39 is 0 Å². The lowest BCUT2D eigenvalue weighted by molar-refractivity contribution is -0.131. The maximum absolute atomic E-state index is 12.4. The van der Waals surface area contributed by atoms with Crippen molar-refractivity contribution in [2.45, 2.75) is 52.2 Å². The Hall–Kier alpha value is -0.610. The van der Waals surface area contributed by atoms with Gasteiger partial charge in [-0.25, -0.2) is 0 Å². The van der Waals surface area contributed by atoms with E-state index in [9.17, 15) is 4.79 Å². The highest BCUT2D eigenvalue weighted by molar-refractivity contribution is 5.84. The Bertz CT molecular complexity index is 288. The Labute approximate surface area is 110 Å². The van der Waals surface area contributed by atoms with Gasteiger partial charge in [-0.05, 0) is 38.0 Å². The number of rotatable bonds is 4. The number of carbonyl (C=O) groups is 1. The zero-order chi connectivity index (χ0) is 13.1. The van der Waals surface area contributed by atoms with E-state index >= 15 is 0 Å². The lowest BCUT2D eigenvalue weighted by Crippen LogP contribution is -2.39. The van der Waals surface area contributed by atoms with Crippen LogP contribution in [0, 0.1) is 11.8 Å². The van der Waals surface area contributed by atoms with Gasteiger partial charge in [-0.1, -0.05) is 13.8 Å². The zero-order valence-electron chi connectivity index (χ0n) is 11.8. The molecule has 0 aromatic heterocycles. The van der Waals surface area contributed by atoms with Crippen molar-refractivity contribution in [3.05, 3.63) is 0 Å². The molecule has 2 atom stereocenters. The van der Waals surface area contributed by atoms with Gasteiger partial charge in [0.1, 0.15) is 0 Å². The van der Waals surface area contributed by atoms with Crippen molar-refractivity contribution >= 4 is 5.91 Å². The van der Waals surface area contributed by atoms with Gasteiger partial charge in [0.2, 0.25) is 5.91 Å². The van der Waals surface area contributed by atoms with Crippen LogP contribution in [0.2, 0.25) is 0 Å². The number of nitrogens with one attached hydrogen (secondary N) is 1.